The first-order valence-electron chi connectivity index (χ1n) is 10.5. The van der Waals surface area contributed by atoms with Crippen LogP contribution in [-0.4, -0.2) is 54.9 Å². The lowest BCUT2D eigenvalue weighted by molar-refractivity contribution is -0.137. The lowest BCUT2D eigenvalue weighted by atomic mass is 9.77. The molecule has 1 aromatic heterocycles. The van der Waals surface area contributed by atoms with Gasteiger partial charge in [0, 0.05) is 11.4 Å². The summed E-state index contributed by atoms with van der Waals surface area (Å²) in [5.41, 5.74) is -1.12. The number of Topliss-reactive ketones (excluding diaryl/α,β-unsaturated/α-hetero) is 1. The second kappa shape index (κ2) is 9.76. The minimum Gasteiger partial charge on any atom is -0.460 e. The van der Waals surface area contributed by atoms with Crippen molar-refractivity contribution in [2.24, 2.45) is 0 Å². The predicted molar refractivity (Wildman–Crippen MR) is 124 cm³/mol. The van der Waals surface area contributed by atoms with Gasteiger partial charge in [0.2, 0.25) is 0 Å². The quantitative estimate of drug-likeness (QED) is 0.281. The highest BCUT2D eigenvalue weighted by Crippen LogP contribution is 2.39. The number of hydrogen-bond donors (Lipinski definition) is 1. The summed E-state index contributed by atoms with van der Waals surface area (Å²) in [5.74, 6) is -1.58. The van der Waals surface area contributed by atoms with Gasteiger partial charge in [-0.25, -0.2) is 9.59 Å². The number of amides is 1. The maximum absolute atomic E-state index is 12.2. The van der Waals surface area contributed by atoms with Crippen LogP contribution in [0.4, 0.5) is 4.79 Å². The number of esters is 1. The van der Waals surface area contributed by atoms with Crippen molar-refractivity contribution in [3.63, 3.8) is 0 Å². The van der Waals surface area contributed by atoms with Crippen molar-refractivity contribution >= 4 is 42.4 Å². The molecular weight excluding hydrogens is 433 g/mol. The van der Waals surface area contributed by atoms with Gasteiger partial charge in [-0.1, -0.05) is 0 Å². The van der Waals surface area contributed by atoms with E-state index in [4.69, 9.17) is 18.8 Å². The molecule has 176 valence electrons. The Hall–Kier alpha value is -2.17. The van der Waals surface area contributed by atoms with Gasteiger partial charge in [-0.05, 0) is 79.1 Å². The Morgan fingerprint density at radius 2 is 1.72 bits per heavy atom. The van der Waals surface area contributed by atoms with E-state index in [-0.39, 0.29) is 18.0 Å². The standard InChI is InChI=1S/C22H32BNO7S/c1-9-28-18(26)17(25)16-11-10-15(32-16)12-14(13-24-19(27)29-20(2,3)4)23-30-21(5,6)22(7,8)31-23/h10-12H,9,13H2,1-8H3,(H,24,27). The number of carbonyl (C=O) groups is 3. The highest BCUT2D eigenvalue weighted by molar-refractivity contribution is 7.15. The number of ether oxygens (including phenoxy) is 2. The minimum atomic E-state index is -0.886. The van der Waals surface area contributed by atoms with Gasteiger partial charge in [0.15, 0.2) is 0 Å². The molecule has 1 fully saturated rings. The molecule has 1 aliphatic rings. The van der Waals surface area contributed by atoms with Gasteiger partial charge in [-0.2, -0.15) is 0 Å². The summed E-state index contributed by atoms with van der Waals surface area (Å²) >= 11 is 1.14. The molecule has 1 aliphatic heterocycles. The van der Waals surface area contributed by atoms with Gasteiger partial charge in [0.25, 0.3) is 5.78 Å². The maximum Gasteiger partial charge on any atom is 0.492 e. The lowest BCUT2D eigenvalue weighted by Crippen LogP contribution is -2.41. The van der Waals surface area contributed by atoms with Crippen LogP contribution < -0.4 is 5.32 Å². The van der Waals surface area contributed by atoms with Crippen molar-refractivity contribution in [2.45, 2.75) is 72.2 Å². The summed E-state index contributed by atoms with van der Waals surface area (Å²) in [4.78, 5) is 37.1. The summed E-state index contributed by atoms with van der Waals surface area (Å²) in [7, 11) is -0.707. The molecule has 1 amide bonds. The van der Waals surface area contributed by atoms with E-state index in [0.717, 1.165) is 11.3 Å². The van der Waals surface area contributed by atoms with Crippen LogP contribution in [-0.2, 0) is 23.6 Å². The number of ketones is 1. The Morgan fingerprint density at radius 3 is 2.25 bits per heavy atom. The first-order valence-corrected chi connectivity index (χ1v) is 11.3. The summed E-state index contributed by atoms with van der Waals surface area (Å²) in [6, 6.07) is 3.29. The molecule has 1 aromatic rings. The summed E-state index contributed by atoms with van der Waals surface area (Å²) < 4.78 is 22.4. The van der Waals surface area contributed by atoms with Crippen molar-refractivity contribution in [1.82, 2.24) is 5.32 Å². The highest BCUT2D eigenvalue weighted by Gasteiger charge is 2.52. The molecule has 0 aliphatic carbocycles. The summed E-state index contributed by atoms with van der Waals surface area (Å²) in [6.07, 6.45) is 1.22. The minimum absolute atomic E-state index is 0.116. The zero-order valence-electron chi connectivity index (χ0n) is 20.0. The molecule has 0 unspecified atom stereocenters. The summed E-state index contributed by atoms with van der Waals surface area (Å²) in [5, 5.41) is 2.73. The number of thiophene rings is 1. The van der Waals surface area contributed by atoms with Crippen molar-refractivity contribution in [2.75, 3.05) is 13.2 Å². The molecule has 0 saturated carbocycles. The van der Waals surface area contributed by atoms with E-state index in [1.165, 1.54) is 0 Å². The molecule has 0 bridgehead atoms. The van der Waals surface area contributed by atoms with E-state index < -0.39 is 41.8 Å². The Morgan fingerprint density at radius 1 is 1.12 bits per heavy atom. The summed E-state index contributed by atoms with van der Waals surface area (Å²) in [6.45, 7) is 15.0. The Labute approximate surface area is 193 Å². The van der Waals surface area contributed by atoms with Crippen molar-refractivity contribution in [3.8, 4) is 0 Å². The SMILES string of the molecule is CCOC(=O)C(=O)c1ccc(C=C(CNC(=O)OC(C)(C)C)B2OC(C)(C)C(C)(C)O2)s1. The van der Waals surface area contributed by atoms with Gasteiger partial charge >= 0.3 is 19.2 Å². The third kappa shape index (κ3) is 6.67. The van der Waals surface area contributed by atoms with E-state index in [9.17, 15) is 14.4 Å². The molecule has 0 spiro atoms. The number of nitrogens with one attached hydrogen (secondary N) is 1. The molecule has 1 N–H and O–H groups in total. The first kappa shape index (κ1) is 26.1. The molecule has 2 heterocycles. The van der Waals surface area contributed by atoms with Crippen LogP contribution in [0.25, 0.3) is 6.08 Å². The lowest BCUT2D eigenvalue weighted by Gasteiger charge is -2.32. The second-order valence-corrected chi connectivity index (χ2v) is 10.5. The van der Waals surface area contributed by atoms with E-state index >= 15 is 0 Å². The second-order valence-electron chi connectivity index (χ2n) is 9.41. The van der Waals surface area contributed by atoms with Crippen molar-refractivity contribution in [3.05, 3.63) is 27.4 Å². The Balaban J connectivity index is 2.27. The molecule has 8 nitrogen and oxygen atoms in total. The van der Waals surface area contributed by atoms with Crippen LogP contribution >= 0.6 is 11.3 Å². The number of hydrogen-bond acceptors (Lipinski definition) is 8. The molecule has 0 atom stereocenters. The highest BCUT2D eigenvalue weighted by atomic mass is 32.1. The van der Waals surface area contributed by atoms with E-state index in [1.54, 1.807) is 45.9 Å². The zero-order valence-corrected chi connectivity index (χ0v) is 20.8. The predicted octanol–water partition coefficient (Wildman–Crippen LogP) is 4.03. The smallest absolute Gasteiger partial charge is 0.460 e. The van der Waals surface area contributed by atoms with Gasteiger partial charge in [0.1, 0.15) is 5.60 Å². The molecular formula is C22H32BNO7S. The largest absolute Gasteiger partial charge is 0.492 e. The molecule has 2 rings (SSSR count). The Bertz CT molecular complexity index is 882. The molecule has 1 saturated heterocycles. The monoisotopic (exact) mass is 465 g/mol. The van der Waals surface area contributed by atoms with Gasteiger partial charge in [0.05, 0.1) is 22.7 Å². The normalized spacial score (nSPS) is 17.8. The average Bonchev–Trinajstić information content (AvgIpc) is 3.18. The third-order valence-corrected chi connectivity index (χ3v) is 6.06. The fourth-order valence-corrected chi connectivity index (χ4v) is 3.63. The topological polar surface area (TPSA) is 100 Å². The number of rotatable bonds is 7. The van der Waals surface area contributed by atoms with Crippen LogP contribution in [0.1, 0.15) is 69.9 Å². The first-order chi connectivity index (χ1) is 14.6. The van der Waals surface area contributed by atoms with Crippen LogP contribution in [0.5, 0.6) is 0 Å². The number of carbonyl (C=O) groups excluding carboxylic acids is 3. The van der Waals surface area contributed by atoms with Gasteiger partial charge < -0.3 is 24.1 Å². The average molecular weight is 465 g/mol. The molecule has 32 heavy (non-hydrogen) atoms. The van der Waals surface area contributed by atoms with E-state index in [2.05, 4.69) is 5.32 Å². The van der Waals surface area contributed by atoms with E-state index in [1.807, 2.05) is 27.7 Å². The fourth-order valence-electron chi connectivity index (χ4n) is 2.72. The van der Waals surface area contributed by atoms with Gasteiger partial charge in [-0.15, -0.1) is 11.3 Å². The molecule has 0 aromatic carbocycles. The van der Waals surface area contributed by atoms with Crippen molar-refractivity contribution < 1.29 is 33.2 Å². The van der Waals surface area contributed by atoms with E-state index in [0.29, 0.717) is 10.3 Å². The number of alkyl carbamates (subject to hydrolysis) is 1. The van der Waals surface area contributed by atoms with Crippen LogP contribution in [0.3, 0.4) is 0 Å². The fraction of sp³-hybridized carbons (Fsp3) is 0.591. The zero-order chi connectivity index (χ0) is 24.3. The van der Waals surface area contributed by atoms with Crippen LogP contribution in [0.15, 0.2) is 17.6 Å². The Kier molecular flexibility index (Phi) is 7.96. The molecule has 0 radical (unpaired) electrons. The van der Waals surface area contributed by atoms with Crippen molar-refractivity contribution in [1.29, 1.82) is 0 Å². The third-order valence-electron chi connectivity index (χ3n) is 5.03. The maximum atomic E-state index is 12.2. The van der Waals surface area contributed by atoms with Crippen LogP contribution in [0, 0.1) is 0 Å². The van der Waals surface area contributed by atoms with Gasteiger partial charge in [-0.3, -0.25) is 4.79 Å². The molecule has 10 heteroatoms. The van der Waals surface area contributed by atoms with Crippen LogP contribution in [0.2, 0.25) is 0 Å².